The summed E-state index contributed by atoms with van der Waals surface area (Å²) in [6, 6.07) is 20.4. The van der Waals surface area contributed by atoms with Gasteiger partial charge in [-0.2, -0.15) is 0 Å². The number of hydrogen-bond acceptors (Lipinski definition) is 1. The molecule has 0 heterocycles. The Kier molecular flexibility index (Phi) is 20.9. The molecule has 0 aromatic heterocycles. The van der Waals surface area contributed by atoms with Crippen LogP contribution in [-0.4, -0.2) is 20.5 Å². The average molecular weight is 513 g/mol. The van der Waals surface area contributed by atoms with E-state index in [0.29, 0.717) is 0 Å². The van der Waals surface area contributed by atoms with E-state index in [1.54, 1.807) is 0 Å². The third-order valence-corrected chi connectivity index (χ3v) is 10.7. The number of ether oxygens (including phenoxy) is 1. The van der Waals surface area contributed by atoms with Crippen molar-refractivity contribution in [3.05, 3.63) is 59.7 Å². The second kappa shape index (κ2) is 23.1. The zero-order valence-corrected chi connectivity index (χ0v) is 27.8. The van der Waals surface area contributed by atoms with Crippen molar-refractivity contribution in [2.24, 2.45) is 0 Å². The summed E-state index contributed by atoms with van der Waals surface area (Å²) in [5.41, 5.74) is 2.84. The number of unbranched alkanes of at least 4 members (excludes halogenated alkanes) is 12. The van der Waals surface area contributed by atoms with E-state index in [-0.39, 0.29) is 0 Å². The molecule has 0 bridgehead atoms. The van der Waals surface area contributed by atoms with Crippen LogP contribution in [0.4, 0.5) is 0 Å². The third-order valence-electron chi connectivity index (χ3n) is 6.72. The van der Waals surface area contributed by atoms with Crippen LogP contribution in [-0.2, 0) is 12.8 Å². The molecule has 0 saturated heterocycles. The lowest BCUT2D eigenvalue weighted by Gasteiger charge is -2.08. The van der Waals surface area contributed by atoms with E-state index < -0.39 is 0 Å². The van der Waals surface area contributed by atoms with Gasteiger partial charge in [-0.05, 0) is 61.1 Å². The van der Waals surface area contributed by atoms with Gasteiger partial charge in [-0.1, -0.05) is 127 Å². The highest BCUT2D eigenvalue weighted by Gasteiger charge is 2.01. The van der Waals surface area contributed by atoms with Crippen LogP contribution in [0.3, 0.4) is 0 Å². The molecule has 3 heteroatoms. The molecule has 35 heavy (non-hydrogen) atoms. The highest BCUT2D eigenvalue weighted by atomic mass is 28.2. The van der Waals surface area contributed by atoms with Crippen molar-refractivity contribution in [3.63, 3.8) is 0 Å². The van der Waals surface area contributed by atoms with Crippen LogP contribution in [0.15, 0.2) is 48.5 Å². The first kappa shape index (κ1) is 31.7. The fraction of sp³-hybridized carbons (Fsp3) is 0.625. The number of rotatable bonds is 19. The zero-order chi connectivity index (χ0) is 25.4. The largest absolute Gasteiger partial charge is 0.457 e. The first-order valence-corrected chi connectivity index (χ1v) is 17.9. The normalized spacial score (nSPS) is 10.8. The van der Waals surface area contributed by atoms with Gasteiger partial charge in [0.2, 0.25) is 0 Å². The van der Waals surface area contributed by atoms with Gasteiger partial charge in [0.05, 0.1) is 0 Å². The average Bonchev–Trinajstić information content (AvgIpc) is 2.89. The summed E-state index contributed by atoms with van der Waals surface area (Å²) >= 11 is 0. The third kappa shape index (κ3) is 17.7. The van der Waals surface area contributed by atoms with Gasteiger partial charge in [0.15, 0.2) is 0 Å². The lowest BCUT2D eigenvalue weighted by atomic mass is 10.0. The van der Waals surface area contributed by atoms with Gasteiger partial charge in [-0.25, -0.2) is 0 Å². The van der Waals surface area contributed by atoms with Crippen molar-refractivity contribution >= 4 is 20.5 Å². The Labute approximate surface area is 224 Å². The van der Waals surface area contributed by atoms with Gasteiger partial charge in [0.1, 0.15) is 11.5 Å². The van der Waals surface area contributed by atoms with E-state index in [1.807, 2.05) is 0 Å². The summed E-state index contributed by atoms with van der Waals surface area (Å²) in [7, 11) is 2.85. The lowest BCUT2D eigenvalue weighted by Crippen LogP contribution is -1.90. The van der Waals surface area contributed by atoms with Crippen LogP contribution in [0, 0.1) is 0 Å². The molecular weight excluding hydrogens is 457 g/mol. The monoisotopic (exact) mass is 512 g/mol. The molecule has 0 aliphatic rings. The summed E-state index contributed by atoms with van der Waals surface area (Å²) in [4.78, 5) is 0. The van der Waals surface area contributed by atoms with E-state index in [9.17, 15) is 0 Å². The second-order valence-electron chi connectivity index (χ2n) is 10.1. The second-order valence-corrected chi connectivity index (χ2v) is 12.1. The topological polar surface area (TPSA) is 9.23 Å². The Bertz CT molecular complexity index is 635. The van der Waals surface area contributed by atoms with E-state index >= 15 is 0 Å². The van der Waals surface area contributed by atoms with Crippen LogP contribution < -0.4 is 4.74 Å². The zero-order valence-electron chi connectivity index (χ0n) is 23.8. The minimum Gasteiger partial charge on any atom is -0.457 e. The molecule has 0 spiro atoms. The molecule has 0 amide bonds. The number of hydrogen-bond donors (Lipinski definition) is 0. The van der Waals surface area contributed by atoms with Crippen molar-refractivity contribution in [2.45, 2.75) is 129 Å². The molecule has 0 aliphatic heterocycles. The summed E-state index contributed by atoms with van der Waals surface area (Å²) in [5.74, 6) is 1.87. The molecule has 0 radical (unpaired) electrons. The van der Waals surface area contributed by atoms with Crippen LogP contribution in [0.5, 0.6) is 11.5 Å². The van der Waals surface area contributed by atoms with Crippen molar-refractivity contribution < 1.29 is 4.74 Å². The molecule has 1 nitrogen and oxygen atoms in total. The molecule has 0 saturated carbocycles. The predicted octanol–water partition coefficient (Wildman–Crippen LogP) is 8.62. The van der Waals surface area contributed by atoms with Crippen molar-refractivity contribution in [1.29, 1.82) is 0 Å². The van der Waals surface area contributed by atoms with Gasteiger partial charge >= 0.3 is 0 Å². The molecule has 0 fully saturated rings. The Morgan fingerprint density at radius 2 is 0.771 bits per heavy atom. The van der Waals surface area contributed by atoms with E-state index in [2.05, 4.69) is 62.4 Å². The fourth-order valence-corrected chi connectivity index (χ4v) is 4.16. The van der Waals surface area contributed by atoms with Crippen LogP contribution in [0.2, 0.25) is 12.1 Å². The standard InChI is InChI=1S/C30H46O.C2H10Si2/c1-3-5-7-9-11-13-15-17-27-19-23-29(24-20-27)31-30-25-21-28(22-26-30)18-16-14-12-10-8-6-4-2;3-1-2-4/h19-26H,3-18H2,1-2H3;1-2H2,3-4H3. The molecule has 0 atom stereocenters. The van der Waals surface area contributed by atoms with Crippen LogP contribution in [0.1, 0.15) is 115 Å². The molecule has 2 aromatic carbocycles. The van der Waals surface area contributed by atoms with Gasteiger partial charge in [-0.15, -0.1) is 0 Å². The van der Waals surface area contributed by atoms with Crippen LogP contribution in [0.25, 0.3) is 0 Å². The van der Waals surface area contributed by atoms with Gasteiger partial charge < -0.3 is 4.74 Å². The van der Waals surface area contributed by atoms with E-state index in [4.69, 9.17) is 4.74 Å². The highest BCUT2D eigenvalue weighted by molar-refractivity contribution is 6.16. The van der Waals surface area contributed by atoms with Gasteiger partial charge in [0, 0.05) is 20.5 Å². The van der Waals surface area contributed by atoms with E-state index in [0.717, 1.165) is 11.5 Å². The minimum absolute atomic E-state index is 0.933. The minimum atomic E-state index is 0.933. The van der Waals surface area contributed by atoms with Gasteiger partial charge in [-0.3, -0.25) is 0 Å². The maximum Gasteiger partial charge on any atom is 0.127 e. The summed E-state index contributed by atoms with van der Waals surface area (Å²) < 4.78 is 6.05. The maximum absolute atomic E-state index is 6.05. The van der Waals surface area contributed by atoms with Crippen molar-refractivity contribution in [3.8, 4) is 11.5 Å². The van der Waals surface area contributed by atoms with Crippen molar-refractivity contribution in [2.75, 3.05) is 0 Å². The van der Waals surface area contributed by atoms with E-state index in [1.165, 1.54) is 146 Å². The quantitative estimate of drug-likeness (QED) is 0.135. The van der Waals surface area contributed by atoms with Crippen molar-refractivity contribution in [1.82, 2.24) is 0 Å². The summed E-state index contributed by atoms with van der Waals surface area (Å²) in [6.07, 6.45) is 21.5. The first-order chi connectivity index (χ1) is 17.2. The Morgan fingerprint density at radius 1 is 0.457 bits per heavy atom. The molecule has 0 N–H and O–H groups in total. The highest BCUT2D eigenvalue weighted by Crippen LogP contribution is 2.23. The first-order valence-electron chi connectivity index (χ1n) is 15.1. The summed E-state index contributed by atoms with van der Waals surface area (Å²) in [6.45, 7) is 4.56. The molecule has 2 aromatic rings. The molecular formula is C32H56OSi2. The van der Waals surface area contributed by atoms with Crippen LogP contribution >= 0.6 is 0 Å². The Morgan fingerprint density at radius 3 is 1.09 bits per heavy atom. The maximum atomic E-state index is 6.05. The fourth-order valence-electron chi connectivity index (χ4n) is 4.16. The molecule has 0 aliphatic carbocycles. The summed E-state index contributed by atoms with van der Waals surface area (Å²) in [5, 5.41) is 0. The molecule has 198 valence electrons. The molecule has 2 rings (SSSR count). The smallest absolute Gasteiger partial charge is 0.127 e. The number of aryl methyl sites for hydroxylation is 2. The molecule has 0 unspecified atom stereocenters. The predicted molar refractivity (Wildman–Crippen MR) is 166 cm³/mol. The van der Waals surface area contributed by atoms with Gasteiger partial charge in [0.25, 0.3) is 0 Å². The Hall–Kier alpha value is -1.33. The Balaban J connectivity index is 0.00000142. The number of benzene rings is 2. The lowest BCUT2D eigenvalue weighted by molar-refractivity contribution is 0.482. The SMILES string of the molecule is CCCCCCCCCc1ccc(Oc2ccc(CCCCCCCCC)cc2)cc1.[SiH3]CC[SiH3].